The zero-order valence-electron chi connectivity index (χ0n) is 20.6. The summed E-state index contributed by atoms with van der Waals surface area (Å²) in [5.41, 5.74) is 4.35. The molecule has 1 aromatic rings. The Bertz CT molecular complexity index is 996. The Morgan fingerprint density at radius 1 is 1.06 bits per heavy atom. The summed E-state index contributed by atoms with van der Waals surface area (Å²) in [7, 11) is -0.743. The maximum absolute atomic E-state index is 14.1. The first-order valence-corrected chi connectivity index (χ1v) is 12.1. The third-order valence-electron chi connectivity index (χ3n) is 8.41. The Labute approximate surface area is 202 Å². The first-order valence-electron chi connectivity index (χ1n) is 12.1. The van der Waals surface area contributed by atoms with Gasteiger partial charge in [-0.1, -0.05) is 27.7 Å². The van der Waals surface area contributed by atoms with E-state index in [0.717, 1.165) is 12.8 Å². The number of benzene rings is 1. The normalized spacial score (nSPS) is 30.6. The average Bonchev–Trinajstić information content (AvgIpc) is 3.15. The SMILES string of the molecule is CC(C)C[C@H](NC(=O)[C@@H](N)Cc1c(F)c(F)c(F)c(F)c1F)B1O[C@@H]2C[C@@H]3C[C@@H](C3(C)C)[C@]2(C)O1. The fourth-order valence-electron chi connectivity index (χ4n) is 6.25. The van der Waals surface area contributed by atoms with E-state index in [9.17, 15) is 26.7 Å². The summed E-state index contributed by atoms with van der Waals surface area (Å²) in [5.74, 6) is -10.8. The number of carbonyl (C=O) groups is 1. The van der Waals surface area contributed by atoms with E-state index in [2.05, 4.69) is 19.2 Å². The van der Waals surface area contributed by atoms with Crippen LogP contribution in [0, 0.1) is 52.3 Å². The van der Waals surface area contributed by atoms with Gasteiger partial charge in [-0.3, -0.25) is 4.79 Å². The number of carbonyl (C=O) groups excluding carboxylic acids is 1. The molecule has 3 aliphatic carbocycles. The molecule has 4 aliphatic rings. The topological polar surface area (TPSA) is 73.6 Å². The first kappa shape index (κ1) is 26.4. The molecule has 5 nitrogen and oxygen atoms in total. The van der Waals surface area contributed by atoms with Crippen LogP contribution in [0.3, 0.4) is 0 Å². The van der Waals surface area contributed by atoms with Crippen LogP contribution in [-0.2, 0) is 20.5 Å². The van der Waals surface area contributed by atoms with Crippen molar-refractivity contribution in [2.24, 2.45) is 28.9 Å². The predicted octanol–water partition coefficient (Wildman–Crippen LogP) is 4.05. The average molecular weight is 502 g/mol. The van der Waals surface area contributed by atoms with Gasteiger partial charge in [-0.05, 0) is 49.4 Å². The molecule has 0 unspecified atom stereocenters. The molecule has 1 aromatic carbocycles. The highest BCUT2D eigenvalue weighted by atomic mass is 19.2. The molecule has 1 aliphatic heterocycles. The van der Waals surface area contributed by atoms with E-state index in [1.807, 2.05) is 20.8 Å². The molecular formula is C24H32BF5N2O3. The van der Waals surface area contributed by atoms with Gasteiger partial charge >= 0.3 is 7.12 Å². The zero-order valence-corrected chi connectivity index (χ0v) is 20.6. The third kappa shape index (κ3) is 4.27. The molecule has 6 atom stereocenters. The molecule has 0 radical (unpaired) electrons. The second kappa shape index (κ2) is 8.99. The quantitative estimate of drug-likeness (QED) is 0.256. The van der Waals surface area contributed by atoms with E-state index in [1.54, 1.807) is 0 Å². The fraction of sp³-hybridized carbons (Fsp3) is 0.708. The van der Waals surface area contributed by atoms with Gasteiger partial charge < -0.3 is 20.4 Å². The lowest BCUT2D eigenvalue weighted by Gasteiger charge is -2.64. The Hall–Kier alpha value is -1.72. The number of nitrogens with one attached hydrogen (secondary N) is 1. The van der Waals surface area contributed by atoms with Crippen molar-refractivity contribution in [2.45, 2.75) is 84.0 Å². The van der Waals surface area contributed by atoms with E-state index in [0.29, 0.717) is 18.3 Å². The highest BCUT2D eigenvalue weighted by Gasteiger charge is 2.68. The van der Waals surface area contributed by atoms with Gasteiger partial charge in [0.05, 0.1) is 23.7 Å². The maximum Gasteiger partial charge on any atom is 0.481 e. The summed E-state index contributed by atoms with van der Waals surface area (Å²) in [6.45, 7) is 10.4. The third-order valence-corrected chi connectivity index (χ3v) is 8.41. The lowest BCUT2D eigenvalue weighted by Crippen LogP contribution is -2.65. The highest BCUT2D eigenvalue weighted by molar-refractivity contribution is 6.47. The summed E-state index contributed by atoms with van der Waals surface area (Å²) in [4.78, 5) is 12.9. The van der Waals surface area contributed by atoms with Crippen molar-refractivity contribution in [1.29, 1.82) is 0 Å². The van der Waals surface area contributed by atoms with E-state index in [4.69, 9.17) is 15.0 Å². The molecule has 1 amide bonds. The molecule has 11 heteroatoms. The largest absolute Gasteiger partial charge is 0.481 e. The molecule has 3 N–H and O–H groups in total. The van der Waals surface area contributed by atoms with E-state index >= 15 is 0 Å². The monoisotopic (exact) mass is 502 g/mol. The Morgan fingerprint density at radius 2 is 1.63 bits per heavy atom. The van der Waals surface area contributed by atoms with E-state index in [1.165, 1.54) is 0 Å². The number of rotatable bonds is 7. The molecule has 0 spiro atoms. The standard InChI is InChI=1S/C24H32BF5N2O3/c1-10(2)6-16(25-34-15-8-11-7-14(23(11,3)4)24(15,5)35-25)32-22(33)13(31)9-12-17(26)19(28)21(30)20(29)18(12)27/h10-11,13-16H,6-9,31H2,1-5H3,(H,32,33)/t11-,13-,14-,15+,16-,24-/m0/s1. The Balaban J connectivity index is 1.49. The fourth-order valence-corrected chi connectivity index (χ4v) is 6.25. The molecule has 1 heterocycles. The summed E-state index contributed by atoms with van der Waals surface area (Å²) in [5, 5.41) is 2.75. The second-order valence-electron chi connectivity index (χ2n) is 11.4. The minimum Gasteiger partial charge on any atom is -0.404 e. The van der Waals surface area contributed by atoms with Crippen LogP contribution >= 0.6 is 0 Å². The number of amides is 1. The highest BCUT2D eigenvalue weighted by Crippen LogP contribution is 2.65. The van der Waals surface area contributed by atoms with Gasteiger partial charge in [-0.15, -0.1) is 0 Å². The van der Waals surface area contributed by atoms with Gasteiger partial charge in [0, 0.05) is 12.0 Å². The minimum absolute atomic E-state index is 0.113. The minimum atomic E-state index is -2.26. The van der Waals surface area contributed by atoms with Crippen LogP contribution in [-0.4, -0.2) is 36.7 Å². The van der Waals surface area contributed by atoms with Crippen LogP contribution in [0.5, 0.6) is 0 Å². The van der Waals surface area contributed by atoms with Gasteiger partial charge in [0.1, 0.15) is 0 Å². The molecule has 4 fully saturated rings. The van der Waals surface area contributed by atoms with E-state index < -0.39 is 71.7 Å². The van der Waals surface area contributed by atoms with Crippen LogP contribution in [0.2, 0.25) is 0 Å². The van der Waals surface area contributed by atoms with Crippen LogP contribution in [0.25, 0.3) is 0 Å². The summed E-state index contributed by atoms with van der Waals surface area (Å²) < 4.78 is 81.3. The lowest BCUT2D eigenvalue weighted by atomic mass is 9.43. The molecule has 3 saturated carbocycles. The van der Waals surface area contributed by atoms with Gasteiger partial charge in [-0.2, -0.15) is 0 Å². The molecule has 2 bridgehead atoms. The number of hydrogen-bond donors (Lipinski definition) is 2. The first-order chi connectivity index (χ1) is 16.2. The zero-order chi connectivity index (χ0) is 26.0. The molecular weight excluding hydrogens is 470 g/mol. The van der Waals surface area contributed by atoms with Crippen molar-refractivity contribution in [3.05, 3.63) is 34.6 Å². The molecule has 35 heavy (non-hydrogen) atoms. The number of hydrogen-bond acceptors (Lipinski definition) is 4. The predicted molar refractivity (Wildman–Crippen MR) is 119 cm³/mol. The van der Waals surface area contributed by atoms with Gasteiger partial charge in [-0.25, -0.2) is 22.0 Å². The smallest absolute Gasteiger partial charge is 0.404 e. The van der Waals surface area contributed by atoms with Gasteiger partial charge in [0.25, 0.3) is 0 Å². The van der Waals surface area contributed by atoms with Crippen molar-refractivity contribution in [3.8, 4) is 0 Å². The van der Waals surface area contributed by atoms with Gasteiger partial charge in [0.2, 0.25) is 11.7 Å². The number of halogens is 5. The molecule has 0 aromatic heterocycles. The summed E-state index contributed by atoms with van der Waals surface area (Å²) in [6.07, 6.45) is 1.42. The van der Waals surface area contributed by atoms with Crippen LogP contribution in [0.4, 0.5) is 22.0 Å². The van der Waals surface area contributed by atoms with E-state index in [-0.39, 0.29) is 17.4 Å². The lowest BCUT2D eigenvalue weighted by molar-refractivity contribution is -0.199. The molecule has 5 rings (SSSR count). The van der Waals surface area contributed by atoms with Crippen LogP contribution in [0.1, 0.15) is 59.4 Å². The van der Waals surface area contributed by atoms with Crippen molar-refractivity contribution in [2.75, 3.05) is 0 Å². The maximum atomic E-state index is 14.1. The Morgan fingerprint density at radius 3 is 2.17 bits per heavy atom. The van der Waals surface area contributed by atoms with Crippen LogP contribution < -0.4 is 11.1 Å². The summed E-state index contributed by atoms with van der Waals surface area (Å²) in [6, 6.07) is -1.55. The molecule has 1 saturated heterocycles. The Kier molecular flexibility index (Phi) is 6.77. The second-order valence-corrected chi connectivity index (χ2v) is 11.4. The van der Waals surface area contributed by atoms with Crippen molar-refractivity contribution in [3.63, 3.8) is 0 Å². The van der Waals surface area contributed by atoms with Crippen molar-refractivity contribution >= 4 is 13.0 Å². The number of nitrogens with two attached hydrogens (primary N) is 1. The summed E-state index contributed by atoms with van der Waals surface area (Å²) >= 11 is 0. The van der Waals surface area contributed by atoms with Gasteiger partial charge in [0.15, 0.2) is 23.3 Å². The van der Waals surface area contributed by atoms with Crippen molar-refractivity contribution in [1.82, 2.24) is 5.32 Å². The van der Waals surface area contributed by atoms with Crippen molar-refractivity contribution < 1.29 is 36.1 Å². The molecule has 194 valence electrons. The van der Waals surface area contributed by atoms with Crippen LogP contribution in [0.15, 0.2) is 0 Å².